The van der Waals surface area contributed by atoms with E-state index in [2.05, 4.69) is 13.8 Å². The molecule has 0 aromatic carbocycles. The maximum atomic E-state index is 12.7. The van der Waals surface area contributed by atoms with E-state index in [9.17, 15) is 19.8 Å². The maximum absolute atomic E-state index is 12.7. The molecular formula is C32H48O9. The Morgan fingerprint density at radius 2 is 1.85 bits per heavy atom. The molecule has 0 radical (unpaired) electrons. The summed E-state index contributed by atoms with van der Waals surface area (Å²) >= 11 is 0. The van der Waals surface area contributed by atoms with Crippen LogP contribution in [-0.4, -0.2) is 78.3 Å². The molecular weight excluding hydrogens is 528 g/mol. The summed E-state index contributed by atoms with van der Waals surface area (Å²) in [7, 11) is 1.62. The van der Waals surface area contributed by atoms with Crippen LogP contribution >= 0.6 is 0 Å². The Labute approximate surface area is 243 Å². The third-order valence-electron chi connectivity index (χ3n) is 12.5. The van der Waals surface area contributed by atoms with Gasteiger partial charge in [0.1, 0.15) is 18.8 Å². The number of fused-ring (bicyclic) bond motifs is 5. The van der Waals surface area contributed by atoms with Crippen LogP contribution in [0.15, 0.2) is 11.6 Å². The van der Waals surface area contributed by atoms with Crippen molar-refractivity contribution in [1.82, 2.24) is 0 Å². The maximum Gasteiger partial charge on any atom is 0.331 e. The molecule has 9 nitrogen and oxygen atoms in total. The van der Waals surface area contributed by atoms with Gasteiger partial charge < -0.3 is 33.9 Å². The Morgan fingerprint density at radius 3 is 2.54 bits per heavy atom. The Balaban J connectivity index is 1.19. The van der Waals surface area contributed by atoms with E-state index in [4.69, 9.17) is 23.7 Å². The molecule has 0 spiro atoms. The molecule has 0 aromatic heterocycles. The van der Waals surface area contributed by atoms with E-state index >= 15 is 0 Å². The Bertz CT molecular complexity index is 1080. The standard InChI is InChI=1S/C32H48O9/c1-17-29(35)24(37-5)14-27(39-17)41-21-8-10-30(3)20(13-21)6-7-23-22(30)9-11-31(4)28(19-12-26(34)38-16-19)25(40-18(2)33)15-32(23,31)36/h12,17,20-25,27-29,35-36H,6-11,13-16H2,1-5H3/t17-,20+,21+,22-,23+,24+,25-,27-,28-,29-,30-,31+,32+/m0/s1. The smallest absolute Gasteiger partial charge is 0.331 e. The first-order valence-corrected chi connectivity index (χ1v) is 15.7. The monoisotopic (exact) mass is 576 g/mol. The molecule has 2 heterocycles. The number of methoxy groups -OCH3 is 1. The van der Waals surface area contributed by atoms with Crippen LogP contribution in [0.5, 0.6) is 0 Å². The lowest BCUT2D eigenvalue weighted by Crippen LogP contribution is -2.62. The summed E-state index contributed by atoms with van der Waals surface area (Å²) in [5.74, 6) is 0.0175. The van der Waals surface area contributed by atoms with Gasteiger partial charge in [0, 0.05) is 44.3 Å². The lowest BCUT2D eigenvalue weighted by atomic mass is 9.43. The van der Waals surface area contributed by atoms with Crippen LogP contribution in [0.25, 0.3) is 0 Å². The third-order valence-corrected chi connectivity index (χ3v) is 12.5. The zero-order valence-corrected chi connectivity index (χ0v) is 25.2. The van der Waals surface area contributed by atoms with Gasteiger partial charge in [0.15, 0.2) is 6.29 Å². The summed E-state index contributed by atoms with van der Waals surface area (Å²) in [5, 5.41) is 23.0. The van der Waals surface area contributed by atoms with E-state index in [1.807, 2.05) is 6.92 Å². The van der Waals surface area contributed by atoms with Gasteiger partial charge in [0.05, 0.1) is 23.9 Å². The van der Waals surface area contributed by atoms with Crippen LogP contribution in [0.2, 0.25) is 0 Å². The van der Waals surface area contributed by atoms with Crippen molar-refractivity contribution in [3.05, 3.63) is 11.6 Å². The zero-order valence-electron chi connectivity index (χ0n) is 25.2. The summed E-state index contributed by atoms with van der Waals surface area (Å²) in [4.78, 5) is 24.2. The first-order valence-electron chi connectivity index (χ1n) is 15.7. The van der Waals surface area contributed by atoms with Gasteiger partial charge in [-0.15, -0.1) is 0 Å². The number of carbonyl (C=O) groups is 2. The van der Waals surface area contributed by atoms with E-state index < -0.39 is 23.2 Å². The fraction of sp³-hybridized carbons (Fsp3) is 0.875. The molecule has 1 saturated heterocycles. The molecule has 2 aliphatic heterocycles. The number of aliphatic hydroxyl groups is 2. The van der Waals surface area contributed by atoms with Crippen molar-refractivity contribution in [3.63, 3.8) is 0 Å². The highest BCUT2D eigenvalue weighted by Crippen LogP contribution is 2.70. The number of hydrogen-bond acceptors (Lipinski definition) is 9. The van der Waals surface area contributed by atoms with Crippen LogP contribution in [0.4, 0.5) is 0 Å². The Morgan fingerprint density at radius 1 is 1.07 bits per heavy atom. The second-order valence-electron chi connectivity index (χ2n) is 14.3. The van der Waals surface area contributed by atoms with Crippen molar-refractivity contribution >= 4 is 11.9 Å². The lowest BCUT2D eigenvalue weighted by Gasteiger charge is -2.63. The fourth-order valence-corrected chi connectivity index (χ4v) is 10.4. The number of cyclic esters (lactones) is 1. The summed E-state index contributed by atoms with van der Waals surface area (Å²) in [6, 6.07) is 0. The summed E-state index contributed by atoms with van der Waals surface area (Å²) in [6.07, 6.45) is 7.14. The highest BCUT2D eigenvalue weighted by atomic mass is 16.7. The molecule has 41 heavy (non-hydrogen) atoms. The summed E-state index contributed by atoms with van der Waals surface area (Å²) in [5.41, 5.74) is -0.559. The minimum atomic E-state index is -0.990. The van der Waals surface area contributed by atoms with Gasteiger partial charge in [-0.05, 0) is 80.6 Å². The van der Waals surface area contributed by atoms with Crippen molar-refractivity contribution in [2.75, 3.05) is 13.7 Å². The lowest BCUT2D eigenvalue weighted by molar-refractivity contribution is -0.273. The fourth-order valence-electron chi connectivity index (χ4n) is 10.4. The predicted molar refractivity (Wildman–Crippen MR) is 147 cm³/mol. The van der Waals surface area contributed by atoms with Gasteiger partial charge >= 0.3 is 11.9 Å². The van der Waals surface area contributed by atoms with E-state index in [0.717, 1.165) is 50.5 Å². The molecule has 0 bridgehead atoms. The van der Waals surface area contributed by atoms with Crippen LogP contribution in [0.3, 0.4) is 0 Å². The first kappa shape index (κ1) is 29.5. The molecule has 0 aromatic rings. The Hall–Kier alpha value is -1.52. The molecule has 4 saturated carbocycles. The van der Waals surface area contributed by atoms with Crippen molar-refractivity contribution in [1.29, 1.82) is 0 Å². The molecule has 5 fully saturated rings. The second kappa shape index (κ2) is 10.6. The number of ether oxygens (including phenoxy) is 5. The van der Waals surface area contributed by atoms with Crippen molar-refractivity contribution in [3.8, 4) is 0 Å². The highest BCUT2D eigenvalue weighted by molar-refractivity contribution is 5.85. The highest BCUT2D eigenvalue weighted by Gasteiger charge is 2.71. The average Bonchev–Trinajstić information content (AvgIpc) is 3.42. The summed E-state index contributed by atoms with van der Waals surface area (Å²) < 4.78 is 29.1. The van der Waals surface area contributed by atoms with E-state index in [-0.39, 0.29) is 60.4 Å². The molecule has 4 aliphatic carbocycles. The number of rotatable bonds is 5. The number of carbonyl (C=O) groups excluding carboxylic acids is 2. The first-order chi connectivity index (χ1) is 19.4. The minimum Gasteiger partial charge on any atom is -0.462 e. The molecule has 0 unspecified atom stereocenters. The van der Waals surface area contributed by atoms with Crippen molar-refractivity contribution < 1.29 is 43.5 Å². The number of aliphatic hydroxyl groups excluding tert-OH is 1. The van der Waals surface area contributed by atoms with Crippen molar-refractivity contribution in [2.45, 2.75) is 128 Å². The van der Waals surface area contributed by atoms with Gasteiger partial charge in [-0.1, -0.05) is 13.8 Å². The van der Waals surface area contributed by atoms with Gasteiger partial charge in [0.2, 0.25) is 0 Å². The number of esters is 2. The van der Waals surface area contributed by atoms with Crippen LogP contribution in [-0.2, 0) is 33.3 Å². The van der Waals surface area contributed by atoms with E-state index in [0.29, 0.717) is 24.7 Å². The summed E-state index contributed by atoms with van der Waals surface area (Å²) in [6.45, 7) is 8.06. The molecule has 13 atom stereocenters. The van der Waals surface area contributed by atoms with E-state index in [1.165, 1.54) is 6.92 Å². The normalized spacial score (nSPS) is 51.2. The van der Waals surface area contributed by atoms with Crippen molar-refractivity contribution in [2.24, 2.45) is 34.5 Å². The molecule has 2 N–H and O–H groups in total. The van der Waals surface area contributed by atoms with Crippen LogP contribution in [0, 0.1) is 34.5 Å². The molecule has 9 heteroatoms. The van der Waals surface area contributed by atoms with Crippen LogP contribution in [0.1, 0.15) is 85.5 Å². The quantitative estimate of drug-likeness (QED) is 0.373. The molecule has 6 aliphatic rings. The largest absolute Gasteiger partial charge is 0.462 e. The predicted octanol–water partition coefficient (Wildman–Crippen LogP) is 3.68. The molecule has 6 rings (SSSR count). The molecule has 230 valence electrons. The van der Waals surface area contributed by atoms with Crippen LogP contribution < -0.4 is 0 Å². The van der Waals surface area contributed by atoms with Gasteiger partial charge in [-0.3, -0.25) is 4.79 Å². The van der Waals surface area contributed by atoms with E-state index in [1.54, 1.807) is 13.2 Å². The SMILES string of the molecule is CO[C@@H]1C[C@H](O[C@@H]2CC[C@@]3(C)[C@H](CC[C@@H]4[C@@H]3CC[C@]3(C)[C@@H](C5=CC(=O)OC5)[C@@H](OC(C)=O)C[C@@]43O)C2)O[C@@H](C)[C@@H]1O. The second-order valence-corrected chi connectivity index (χ2v) is 14.3. The van der Waals surface area contributed by atoms with Gasteiger partial charge in [-0.2, -0.15) is 0 Å². The average molecular weight is 577 g/mol. The third kappa shape index (κ3) is 4.69. The minimum absolute atomic E-state index is 0.0898. The molecule has 0 amide bonds. The zero-order chi connectivity index (χ0) is 29.3. The van der Waals surface area contributed by atoms with Gasteiger partial charge in [-0.25, -0.2) is 4.79 Å². The number of hydrogen-bond donors (Lipinski definition) is 2. The topological polar surface area (TPSA) is 121 Å². The van der Waals surface area contributed by atoms with Gasteiger partial charge in [0.25, 0.3) is 0 Å². The Kier molecular flexibility index (Phi) is 7.62.